The molecule has 2 rings (SSSR count). The Bertz CT molecular complexity index is 497. The van der Waals surface area contributed by atoms with Gasteiger partial charge >= 0.3 is 5.97 Å². The summed E-state index contributed by atoms with van der Waals surface area (Å²) in [7, 11) is 1.29. The molecule has 102 valence electrons. The fourth-order valence-corrected chi connectivity index (χ4v) is 2.19. The van der Waals surface area contributed by atoms with E-state index in [1.54, 1.807) is 0 Å². The number of carbonyl (C=O) groups is 2. The molecule has 1 atom stereocenters. The van der Waals surface area contributed by atoms with Gasteiger partial charge in [-0.3, -0.25) is 9.59 Å². The maximum absolute atomic E-state index is 13.6. The average Bonchev–Trinajstić information content (AvgIpc) is 2.87. The van der Waals surface area contributed by atoms with E-state index in [1.807, 2.05) is 0 Å². The number of hydrogen-bond donors (Lipinski definition) is 1. The van der Waals surface area contributed by atoms with Crippen molar-refractivity contribution >= 4 is 11.9 Å². The second kappa shape index (κ2) is 5.26. The average molecular weight is 267 g/mol. The standard InChI is InChI=1S/C13H14FNO4/c1-19-13(18)8-5-6-15(7-8)12(17)11-9(14)3-2-4-10(11)16/h2-4,8,16H,5-7H2,1H3. The minimum Gasteiger partial charge on any atom is -0.507 e. The third-order valence-electron chi connectivity index (χ3n) is 3.22. The molecule has 1 fully saturated rings. The molecule has 1 aromatic carbocycles. The predicted octanol–water partition coefficient (Wildman–Crippen LogP) is 1.17. The highest BCUT2D eigenvalue weighted by Crippen LogP contribution is 2.25. The first-order valence-electron chi connectivity index (χ1n) is 5.89. The molecule has 1 heterocycles. The molecule has 0 spiro atoms. The van der Waals surface area contributed by atoms with Crippen molar-refractivity contribution in [1.29, 1.82) is 0 Å². The van der Waals surface area contributed by atoms with Gasteiger partial charge in [-0.15, -0.1) is 0 Å². The van der Waals surface area contributed by atoms with E-state index >= 15 is 0 Å². The first-order chi connectivity index (χ1) is 9.04. The van der Waals surface area contributed by atoms with E-state index < -0.39 is 17.5 Å². The van der Waals surface area contributed by atoms with Gasteiger partial charge in [0.2, 0.25) is 0 Å². The summed E-state index contributed by atoms with van der Waals surface area (Å²) in [6.45, 7) is 0.519. The largest absolute Gasteiger partial charge is 0.507 e. The van der Waals surface area contributed by atoms with E-state index in [0.717, 1.165) is 6.07 Å². The van der Waals surface area contributed by atoms with Gasteiger partial charge in [0.25, 0.3) is 5.91 Å². The lowest BCUT2D eigenvalue weighted by molar-refractivity contribution is -0.144. The zero-order chi connectivity index (χ0) is 14.0. The van der Waals surface area contributed by atoms with Crippen LogP contribution in [-0.2, 0) is 9.53 Å². The molecule has 1 aliphatic rings. The van der Waals surface area contributed by atoms with Crippen LogP contribution in [0.1, 0.15) is 16.8 Å². The van der Waals surface area contributed by atoms with Gasteiger partial charge < -0.3 is 14.7 Å². The number of ether oxygens (including phenoxy) is 1. The molecule has 1 aromatic rings. The van der Waals surface area contributed by atoms with Crippen LogP contribution < -0.4 is 0 Å². The lowest BCUT2D eigenvalue weighted by Gasteiger charge is -2.17. The fraction of sp³-hybridized carbons (Fsp3) is 0.385. The van der Waals surface area contributed by atoms with Gasteiger partial charge in [-0.2, -0.15) is 0 Å². The van der Waals surface area contributed by atoms with Crippen LogP contribution in [0.4, 0.5) is 4.39 Å². The van der Waals surface area contributed by atoms with Crippen molar-refractivity contribution in [2.75, 3.05) is 20.2 Å². The first kappa shape index (κ1) is 13.3. The number of halogens is 1. The van der Waals surface area contributed by atoms with Gasteiger partial charge in [-0.25, -0.2) is 4.39 Å². The van der Waals surface area contributed by atoms with Crippen molar-refractivity contribution in [3.05, 3.63) is 29.6 Å². The maximum atomic E-state index is 13.6. The summed E-state index contributed by atoms with van der Waals surface area (Å²) in [4.78, 5) is 24.8. The summed E-state index contributed by atoms with van der Waals surface area (Å²) in [5, 5.41) is 9.56. The van der Waals surface area contributed by atoms with Crippen LogP contribution in [0.3, 0.4) is 0 Å². The van der Waals surface area contributed by atoms with Gasteiger partial charge in [0, 0.05) is 13.1 Å². The molecule has 19 heavy (non-hydrogen) atoms. The highest BCUT2D eigenvalue weighted by atomic mass is 19.1. The maximum Gasteiger partial charge on any atom is 0.310 e. The molecule has 1 unspecified atom stereocenters. The number of hydrogen-bond acceptors (Lipinski definition) is 4. The molecule has 0 aliphatic carbocycles. The van der Waals surface area contributed by atoms with Crippen molar-refractivity contribution in [2.45, 2.75) is 6.42 Å². The number of aromatic hydroxyl groups is 1. The number of benzene rings is 1. The Labute approximate surface area is 109 Å². The van der Waals surface area contributed by atoms with Crippen LogP contribution in [0.2, 0.25) is 0 Å². The van der Waals surface area contributed by atoms with Gasteiger partial charge in [0.15, 0.2) is 0 Å². The van der Waals surface area contributed by atoms with Gasteiger partial charge in [0.05, 0.1) is 13.0 Å². The molecule has 1 amide bonds. The predicted molar refractivity (Wildman–Crippen MR) is 64.1 cm³/mol. The van der Waals surface area contributed by atoms with Crippen LogP contribution in [0, 0.1) is 11.7 Å². The zero-order valence-corrected chi connectivity index (χ0v) is 10.4. The van der Waals surface area contributed by atoms with Gasteiger partial charge in [-0.1, -0.05) is 6.07 Å². The summed E-state index contributed by atoms with van der Waals surface area (Å²) in [5.41, 5.74) is -0.354. The van der Waals surface area contributed by atoms with Crippen LogP contribution in [0.5, 0.6) is 5.75 Å². The number of esters is 1. The highest BCUT2D eigenvalue weighted by molar-refractivity contribution is 5.97. The second-order valence-electron chi connectivity index (χ2n) is 4.39. The number of amides is 1. The van der Waals surface area contributed by atoms with Crippen molar-refractivity contribution in [1.82, 2.24) is 4.90 Å². The Morgan fingerprint density at radius 3 is 2.84 bits per heavy atom. The number of phenols is 1. The minimum absolute atomic E-state index is 0.180. The third-order valence-corrected chi connectivity index (χ3v) is 3.22. The van der Waals surface area contributed by atoms with E-state index in [9.17, 15) is 19.1 Å². The molecule has 1 aliphatic heterocycles. The van der Waals surface area contributed by atoms with Crippen LogP contribution in [-0.4, -0.2) is 42.1 Å². The number of rotatable bonds is 2. The van der Waals surface area contributed by atoms with Crippen LogP contribution in [0.25, 0.3) is 0 Å². The summed E-state index contributed by atoms with van der Waals surface area (Å²) >= 11 is 0. The molecular formula is C13H14FNO4. The fourth-order valence-electron chi connectivity index (χ4n) is 2.19. The topological polar surface area (TPSA) is 66.8 Å². The van der Waals surface area contributed by atoms with Crippen LogP contribution >= 0.6 is 0 Å². The number of methoxy groups -OCH3 is 1. The summed E-state index contributed by atoms with van der Waals surface area (Å²) in [6.07, 6.45) is 0.480. The Kier molecular flexibility index (Phi) is 3.69. The van der Waals surface area contributed by atoms with E-state index in [-0.39, 0.29) is 24.0 Å². The summed E-state index contributed by atoms with van der Waals surface area (Å²) in [6, 6.07) is 3.69. The lowest BCUT2D eigenvalue weighted by Crippen LogP contribution is -2.30. The lowest BCUT2D eigenvalue weighted by atomic mass is 10.1. The Morgan fingerprint density at radius 1 is 1.47 bits per heavy atom. The summed E-state index contributed by atoms with van der Waals surface area (Å²) < 4.78 is 18.2. The minimum atomic E-state index is -0.772. The van der Waals surface area contributed by atoms with Gasteiger partial charge in [-0.05, 0) is 18.6 Å². The number of nitrogens with zero attached hydrogens (tertiary/aromatic N) is 1. The van der Waals surface area contributed by atoms with Crippen molar-refractivity contribution in [3.63, 3.8) is 0 Å². The Hall–Kier alpha value is -2.11. The molecule has 0 saturated carbocycles. The molecule has 1 N–H and O–H groups in total. The third kappa shape index (κ3) is 2.52. The molecule has 5 nitrogen and oxygen atoms in total. The monoisotopic (exact) mass is 267 g/mol. The Morgan fingerprint density at radius 2 is 2.21 bits per heavy atom. The second-order valence-corrected chi connectivity index (χ2v) is 4.39. The molecule has 0 bridgehead atoms. The van der Waals surface area contributed by atoms with E-state index in [1.165, 1.54) is 24.1 Å². The SMILES string of the molecule is COC(=O)C1CCN(C(=O)c2c(O)cccc2F)C1. The first-order valence-corrected chi connectivity index (χ1v) is 5.89. The molecule has 6 heteroatoms. The molecule has 0 aromatic heterocycles. The number of likely N-dealkylation sites (tertiary alicyclic amines) is 1. The van der Waals surface area contributed by atoms with Crippen molar-refractivity contribution in [3.8, 4) is 5.75 Å². The molecule has 1 saturated heterocycles. The Balaban J connectivity index is 2.16. The molecule has 0 radical (unpaired) electrons. The van der Waals surface area contributed by atoms with E-state index in [0.29, 0.717) is 13.0 Å². The van der Waals surface area contributed by atoms with Gasteiger partial charge in [0.1, 0.15) is 17.1 Å². The smallest absolute Gasteiger partial charge is 0.310 e. The summed E-state index contributed by atoms with van der Waals surface area (Å²) in [5.74, 6) is -2.55. The number of carbonyl (C=O) groups excluding carboxylic acids is 2. The zero-order valence-electron chi connectivity index (χ0n) is 10.4. The van der Waals surface area contributed by atoms with Crippen molar-refractivity contribution < 1.29 is 23.8 Å². The highest BCUT2D eigenvalue weighted by Gasteiger charge is 2.33. The van der Waals surface area contributed by atoms with Crippen LogP contribution in [0.15, 0.2) is 18.2 Å². The van der Waals surface area contributed by atoms with Crippen molar-refractivity contribution in [2.24, 2.45) is 5.92 Å². The van der Waals surface area contributed by atoms with E-state index in [4.69, 9.17) is 0 Å². The number of phenolic OH excluding ortho intramolecular Hbond substituents is 1. The van der Waals surface area contributed by atoms with E-state index in [2.05, 4.69) is 4.74 Å². The quantitative estimate of drug-likeness (QED) is 0.817. The normalized spacial score (nSPS) is 18.4. The molecular weight excluding hydrogens is 253 g/mol.